The van der Waals surface area contributed by atoms with E-state index in [0.717, 1.165) is 0 Å². The van der Waals surface area contributed by atoms with Gasteiger partial charge in [0.2, 0.25) is 6.39 Å². The summed E-state index contributed by atoms with van der Waals surface area (Å²) in [5, 5.41) is 9.73. The molecular weight excluding hydrogens is 238 g/mol. The Balaban J connectivity index is 0.00000108. The SMILES string of the molecule is Fc1ccc2nc(Nc3nnco3)oc2c1.[NaH]. The molecule has 0 amide bonds. The molecule has 8 heteroatoms. The number of hydrogen-bond acceptors (Lipinski definition) is 6. The van der Waals surface area contributed by atoms with Crippen molar-refractivity contribution in [3.05, 3.63) is 30.4 Å². The second-order valence-corrected chi connectivity index (χ2v) is 3.00. The summed E-state index contributed by atoms with van der Waals surface area (Å²) in [4.78, 5) is 4.06. The van der Waals surface area contributed by atoms with Crippen LogP contribution in [0.25, 0.3) is 11.1 Å². The first-order valence-corrected chi connectivity index (χ1v) is 4.40. The average molecular weight is 244 g/mol. The number of nitrogens with zero attached hydrogens (tertiary/aromatic N) is 3. The maximum atomic E-state index is 12.9. The van der Waals surface area contributed by atoms with Gasteiger partial charge >= 0.3 is 41.6 Å². The van der Waals surface area contributed by atoms with Crippen molar-refractivity contribution in [2.45, 2.75) is 0 Å². The molecule has 0 bridgehead atoms. The molecule has 3 rings (SSSR count). The average Bonchev–Trinajstić information content (AvgIpc) is 2.86. The molecule has 0 spiro atoms. The molecular formula is C9H6FN4NaO2. The molecule has 82 valence electrons. The van der Waals surface area contributed by atoms with Crippen molar-refractivity contribution in [3.8, 4) is 0 Å². The van der Waals surface area contributed by atoms with E-state index in [2.05, 4.69) is 20.5 Å². The molecule has 1 aromatic carbocycles. The molecule has 2 aromatic heterocycles. The van der Waals surface area contributed by atoms with Crippen LogP contribution < -0.4 is 5.32 Å². The van der Waals surface area contributed by atoms with E-state index in [9.17, 15) is 4.39 Å². The summed E-state index contributed by atoms with van der Waals surface area (Å²) in [5.74, 6) is -0.381. The Morgan fingerprint density at radius 2 is 2.12 bits per heavy atom. The van der Waals surface area contributed by atoms with Gasteiger partial charge in [0.1, 0.15) is 11.3 Å². The van der Waals surface area contributed by atoms with Crippen LogP contribution in [-0.4, -0.2) is 44.7 Å². The first kappa shape index (κ1) is 12.0. The minimum absolute atomic E-state index is 0. The van der Waals surface area contributed by atoms with Gasteiger partial charge in [0.05, 0.1) is 0 Å². The van der Waals surface area contributed by atoms with Crippen LogP contribution in [0.15, 0.2) is 33.4 Å². The normalized spacial score (nSPS) is 10.2. The zero-order valence-electron chi connectivity index (χ0n) is 7.85. The predicted molar refractivity (Wildman–Crippen MR) is 58.7 cm³/mol. The molecule has 6 nitrogen and oxygen atoms in total. The van der Waals surface area contributed by atoms with Crippen molar-refractivity contribution in [3.63, 3.8) is 0 Å². The van der Waals surface area contributed by atoms with E-state index >= 15 is 0 Å². The molecule has 0 aliphatic heterocycles. The molecule has 0 radical (unpaired) electrons. The fourth-order valence-electron chi connectivity index (χ4n) is 1.27. The molecule has 0 saturated carbocycles. The van der Waals surface area contributed by atoms with E-state index < -0.39 is 0 Å². The van der Waals surface area contributed by atoms with E-state index in [1.807, 2.05) is 0 Å². The van der Waals surface area contributed by atoms with Gasteiger partial charge < -0.3 is 8.83 Å². The molecule has 0 fully saturated rings. The van der Waals surface area contributed by atoms with Gasteiger partial charge in [-0.2, -0.15) is 4.98 Å². The van der Waals surface area contributed by atoms with E-state index in [4.69, 9.17) is 8.83 Å². The topological polar surface area (TPSA) is 77.0 Å². The second-order valence-electron chi connectivity index (χ2n) is 3.00. The summed E-state index contributed by atoms with van der Waals surface area (Å²) in [6.45, 7) is 0. The van der Waals surface area contributed by atoms with Crippen LogP contribution in [-0.2, 0) is 0 Å². The van der Waals surface area contributed by atoms with Gasteiger partial charge in [0.15, 0.2) is 5.58 Å². The fourth-order valence-corrected chi connectivity index (χ4v) is 1.27. The number of anilines is 2. The van der Waals surface area contributed by atoms with Gasteiger partial charge in [-0.05, 0) is 12.1 Å². The molecule has 3 aromatic rings. The van der Waals surface area contributed by atoms with Gasteiger partial charge in [-0.15, -0.1) is 5.10 Å². The van der Waals surface area contributed by atoms with Crippen molar-refractivity contribution >= 4 is 52.7 Å². The van der Waals surface area contributed by atoms with Crippen molar-refractivity contribution in [1.29, 1.82) is 0 Å². The summed E-state index contributed by atoms with van der Waals surface area (Å²) < 4.78 is 23.0. The predicted octanol–water partition coefficient (Wildman–Crippen LogP) is 1.44. The van der Waals surface area contributed by atoms with Gasteiger partial charge in [0.25, 0.3) is 0 Å². The Kier molecular flexibility index (Phi) is 3.41. The fraction of sp³-hybridized carbons (Fsp3) is 0. The summed E-state index contributed by atoms with van der Waals surface area (Å²) in [5.41, 5.74) is 0.894. The number of oxazole rings is 1. The van der Waals surface area contributed by atoms with Crippen molar-refractivity contribution < 1.29 is 13.2 Å². The maximum absolute atomic E-state index is 12.9. The van der Waals surface area contributed by atoms with Gasteiger partial charge in [0, 0.05) is 6.07 Å². The van der Waals surface area contributed by atoms with E-state index in [0.29, 0.717) is 11.1 Å². The summed E-state index contributed by atoms with van der Waals surface area (Å²) >= 11 is 0. The molecule has 1 N–H and O–H groups in total. The summed E-state index contributed by atoms with van der Waals surface area (Å²) in [7, 11) is 0. The van der Waals surface area contributed by atoms with Crippen LogP contribution >= 0.6 is 0 Å². The third kappa shape index (κ3) is 2.46. The van der Waals surface area contributed by atoms with Gasteiger partial charge in [-0.1, -0.05) is 5.10 Å². The molecule has 0 unspecified atom stereocenters. The van der Waals surface area contributed by atoms with Crippen LogP contribution in [0.1, 0.15) is 0 Å². The Morgan fingerprint density at radius 3 is 2.88 bits per heavy atom. The molecule has 2 heterocycles. The number of benzene rings is 1. The summed E-state index contributed by atoms with van der Waals surface area (Å²) in [6.07, 6.45) is 1.17. The van der Waals surface area contributed by atoms with Gasteiger partial charge in [-0.3, -0.25) is 5.32 Å². The first-order chi connectivity index (χ1) is 7.81. The minimum atomic E-state index is -0.381. The Hall–Kier alpha value is -1.44. The van der Waals surface area contributed by atoms with Crippen LogP contribution in [0.2, 0.25) is 0 Å². The zero-order chi connectivity index (χ0) is 11.0. The van der Waals surface area contributed by atoms with Crippen molar-refractivity contribution in [2.24, 2.45) is 0 Å². The number of halogens is 1. The molecule has 0 saturated heterocycles. The Morgan fingerprint density at radius 1 is 1.24 bits per heavy atom. The van der Waals surface area contributed by atoms with Crippen molar-refractivity contribution in [2.75, 3.05) is 5.32 Å². The summed E-state index contributed by atoms with van der Waals surface area (Å²) in [6, 6.07) is 4.41. The zero-order valence-corrected chi connectivity index (χ0v) is 7.85. The molecule has 0 atom stereocenters. The van der Waals surface area contributed by atoms with Crippen LogP contribution in [0.3, 0.4) is 0 Å². The molecule has 0 aliphatic carbocycles. The van der Waals surface area contributed by atoms with Gasteiger partial charge in [-0.25, -0.2) is 4.39 Å². The monoisotopic (exact) mass is 244 g/mol. The second kappa shape index (κ2) is 4.82. The van der Waals surface area contributed by atoms with Crippen LogP contribution in [0, 0.1) is 5.82 Å². The van der Waals surface area contributed by atoms with E-state index in [1.165, 1.54) is 24.6 Å². The number of hydrogen-bond donors (Lipinski definition) is 1. The van der Waals surface area contributed by atoms with Crippen LogP contribution in [0.4, 0.5) is 16.4 Å². The quantitative estimate of drug-likeness (QED) is 0.687. The number of rotatable bonds is 2. The molecule has 17 heavy (non-hydrogen) atoms. The van der Waals surface area contributed by atoms with Crippen molar-refractivity contribution in [1.82, 2.24) is 15.2 Å². The third-order valence-electron chi connectivity index (χ3n) is 1.92. The first-order valence-electron chi connectivity index (χ1n) is 4.40. The number of fused-ring (bicyclic) bond motifs is 1. The Bertz CT molecular complexity index is 625. The van der Waals surface area contributed by atoms with E-state index in [1.54, 1.807) is 0 Å². The van der Waals surface area contributed by atoms with E-state index in [-0.39, 0.29) is 47.4 Å². The Labute approximate surface area is 117 Å². The number of aromatic nitrogens is 3. The standard InChI is InChI=1S/C9H5FN4O2.Na.H/c10-5-1-2-6-7(3-5)16-8(12-6)13-9-14-11-4-15-9;;/h1-4H,(H,12,13,14);;. The third-order valence-corrected chi connectivity index (χ3v) is 1.92. The molecule has 0 aliphatic rings. The number of nitrogens with one attached hydrogen (secondary N) is 1. The van der Waals surface area contributed by atoms with Crippen LogP contribution in [0.5, 0.6) is 0 Å².